The zero-order valence-electron chi connectivity index (χ0n) is 8.98. The molecule has 2 heterocycles. The van der Waals surface area contributed by atoms with Gasteiger partial charge in [0.05, 0.1) is 0 Å². The quantitative estimate of drug-likeness (QED) is 0.799. The highest BCUT2D eigenvalue weighted by Crippen LogP contribution is 2.31. The van der Waals surface area contributed by atoms with E-state index in [9.17, 15) is 9.59 Å². The number of carboxylic acids is 1. The lowest BCUT2D eigenvalue weighted by Crippen LogP contribution is -2.39. The van der Waals surface area contributed by atoms with E-state index in [-0.39, 0.29) is 12.5 Å². The molecule has 90 valence electrons. The lowest BCUT2D eigenvalue weighted by atomic mass is 9.98. The third kappa shape index (κ3) is 2.20. The van der Waals surface area contributed by atoms with Gasteiger partial charge in [0.1, 0.15) is 6.04 Å². The molecule has 1 aromatic heterocycles. The second kappa shape index (κ2) is 4.40. The smallest absolute Gasteiger partial charge is 0.408 e. The van der Waals surface area contributed by atoms with Crippen LogP contribution in [0.15, 0.2) is 24.5 Å². The van der Waals surface area contributed by atoms with E-state index in [1.54, 1.807) is 18.5 Å². The highest BCUT2D eigenvalue weighted by molar-refractivity contribution is 5.80. The second-order valence-corrected chi connectivity index (χ2v) is 4.01. The van der Waals surface area contributed by atoms with Crippen LogP contribution in [0, 0.1) is 0 Å². The van der Waals surface area contributed by atoms with Gasteiger partial charge in [-0.2, -0.15) is 0 Å². The first-order valence-corrected chi connectivity index (χ1v) is 5.22. The normalized spacial score (nSPS) is 23.6. The zero-order valence-corrected chi connectivity index (χ0v) is 8.98. The fourth-order valence-electron chi connectivity index (χ4n) is 2.14. The second-order valence-electron chi connectivity index (χ2n) is 4.01. The highest BCUT2D eigenvalue weighted by atomic mass is 16.4. The number of hydrogen-bond donors (Lipinski definition) is 2. The van der Waals surface area contributed by atoms with Crippen molar-refractivity contribution in [1.29, 1.82) is 0 Å². The van der Waals surface area contributed by atoms with Gasteiger partial charge in [-0.25, -0.2) is 9.59 Å². The predicted molar refractivity (Wildman–Crippen MR) is 57.7 cm³/mol. The van der Waals surface area contributed by atoms with Crippen molar-refractivity contribution in [2.24, 2.45) is 0 Å². The minimum absolute atomic E-state index is 0.0964. The molecule has 0 bridgehead atoms. The number of aromatic nitrogens is 1. The van der Waals surface area contributed by atoms with Crippen LogP contribution in [-0.2, 0) is 4.79 Å². The number of likely N-dealkylation sites (tertiary alicyclic amines) is 1. The summed E-state index contributed by atoms with van der Waals surface area (Å²) in [7, 11) is 0. The molecule has 2 N–H and O–H groups in total. The fraction of sp³-hybridized carbons (Fsp3) is 0.364. The Morgan fingerprint density at radius 1 is 1.41 bits per heavy atom. The predicted octanol–water partition coefficient (Wildman–Crippen LogP) is 1.00. The topological polar surface area (TPSA) is 90.7 Å². The zero-order chi connectivity index (χ0) is 12.4. The maximum Gasteiger partial charge on any atom is 0.408 e. The van der Waals surface area contributed by atoms with Crippen LogP contribution in [0.1, 0.15) is 17.9 Å². The number of nitrogens with zero attached hydrogens (tertiary/aromatic N) is 2. The Morgan fingerprint density at radius 2 is 2.18 bits per heavy atom. The van der Waals surface area contributed by atoms with E-state index in [1.165, 1.54) is 0 Å². The molecule has 6 heteroatoms. The van der Waals surface area contributed by atoms with Crippen molar-refractivity contribution in [3.05, 3.63) is 30.1 Å². The lowest BCUT2D eigenvalue weighted by molar-refractivity contribution is -0.141. The Bertz CT molecular complexity index is 412. The van der Waals surface area contributed by atoms with E-state index in [2.05, 4.69) is 4.98 Å². The number of hydrogen-bond acceptors (Lipinski definition) is 3. The van der Waals surface area contributed by atoms with Gasteiger partial charge in [-0.1, -0.05) is 6.07 Å². The van der Waals surface area contributed by atoms with Gasteiger partial charge >= 0.3 is 12.1 Å². The van der Waals surface area contributed by atoms with Crippen molar-refractivity contribution >= 4 is 12.1 Å². The van der Waals surface area contributed by atoms with Gasteiger partial charge < -0.3 is 10.2 Å². The van der Waals surface area contributed by atoms with Gasteiger partial charge in [0.15, 0.2) is 0 Å². The summed E-state index contributed by atoms with van der Waals surface area (Å²) in [5.74, 6) is -1.19. The van der Waals surface area contributed by atoms with E-state index < -0.39 is 18.1 Å². The number of rotatable bonds is 2. The number of carbonyl (C=O) groups is 2. The summed E-state index contributed by atoms with van der Waals surface area (Å²) in [5, 5.41) is 17.9. The van der Waals surface area contributed by atoms with Crippen LogP contribution in [0.4, 0.5) is 4.79 Å². The summed E-state index contributed by atoms with van der Waals surface area (Å²) >= 11 is 0. The molecule has 1 aromatic rings. The van der Waals surface area contributed by atoms with Gasteiger partial charge in [-0.05, 0) is 18.1 Å². The average molecular weight is 236 g/mol. The summed E-state index contributed by atoms with van der Waals surface area (Å²) in [5.41, 5.74) is 0.877. The van der Waals surface area contributed by atoms with E-state index in [4.69, 9.17) is 10.2 Å². The molecule has 0 aliphatic carbocycles. The molecule has 1 unspecified atom stereocenters. The van der Waals surface area contributed by atoms with E-state index in [1.807, 2.05) is 6.07 Å². The lowest BCUT2D eigenvalue weighted by Gasteiger charge is -2.16. The van der Waals surface area contributed by atoms with Gasteiger partial charge in [-0.3, -0.25) is 9.88 Å². The minimum atomic E-state index is -1.19. The first-order chi connectivity index (χ1) is 8.09. The molecule has 17 heavy (non-hydrogen) atoms. The van der Waals surface area contributed by atoms with Gasteiger partial charge in [0, 0.05) is 24.9 Å². The number of carboxylic acid groups (broad SMARTS) is 2. The van der Waals surface area contributed by atoms with Crippen molar-refractivity contribution in [2.45, 2.75) is 18.4 Å². The summed E-state index contributed by atoms with van der Waals surface area (Å²) in [6.07, 6.45) is 2.38. The number of amides is 1. The summed E-state index contributed by atoms with van der Waals surface area (Å²) in [4.78, 5) is 26.8. The van der Waals surface area contributed by atoms with E-state index >= 15 is 0 Å². The maximum absolute atomic E-state index is 11.0. The molecule has 1 fully saturated rings. The molecule has 6 nitrogen and oxygen atoms in total. The first kappa shape index (κ1) is 11.4. The molecule has 1 aliphatic rings. The van der Waals surface area contributed by atoms with Crippen LogP contribution in [0.25, 0.3) is 0 Å². The molecule has 1 amide bonds. The molecule has 1 saturated heterocycles. The molecule has 1 aliphatic heterocycles. The molecule has 0 radical (unpaired) electrons. The van der Waals surface area contributed by atoms with Crippen molar-refractivity contribution in [2.75, 3.05) is 6.54 Å². The molecule has 0 saturated carbocycles. The minimum Gasteiger partial charge on any atom is -0.480 e. The fourth-order valence-corrected chi connectivity index (χ4v) is 2.14. The third-order valence-corrected chi connectivity index (χ3v) is 2.99. The van der Waals surface area contributed by atoms with Crippen LogP contribution in [0.5, 0.6) is 0 Å². The van der Waals surface area contributed by atoms with E-state index in [0.29, 0.717) is 6.42 Å². The monoisotopic (exact) mass is 236 g/mol. The van der Waals surface area contributed by atoms with Crippen molar-refractivity contribution in [1.82, 2.24) is 9.88 Å². The van der Waals surface area contributed by atoms with Crippen LogP contribution >= 0.6 is 0 Å². The molecular weight excluding hydrogens is 224 g/mol. The molecule has 2 rings (SSSR count). The van der Waals surface area contributed by atoms with Crippen LogP contribution in [-0.4, -0.2) is 44.7 Å². The van der Waals surface area contributed by atoms with Crippen LogP contribution in [0.3, 0.4) is 0 Å². The molecular formula is C11H12N2O4. The SMILES string of the molecule is O=C(O)[C@H]1CC(c2cccnc2)CN1C(=O)O. The van der Waals surface area contributed by atoms with Crippen molar-refractivity contribution in [3.8, 4) is 0 Å². The molecule has 0 spiro atoms. The third-order valence-electron chi connectivity index (χ3n) is 2.99. The number of aliphatic carboxylic acids is 1. The summed E-state index contributed by atoms with van der Waals surface area (Å²) in [6, 6.07) is 2.63. The van der Waals surface area contributed by atoms with Gasteiger partial charge in [0.2, 0.25) is 0 Å². The van der Waals surface area contributed by atoms with Gasteiger partial charge in [0.25, 0.3) is 0 Å². The average Bonchev–Trinajstić information content (AvgIpc) is 2.75. The first-order valence-electron chi connectivity index (χ1n) is 5.22. The number of pyridine rings is 1. The summed E-state index contributed by atoms with van der Waals surface area (Å²) < 4.78 is 0. The Labute approximate surface area is 97.5 Å². The molecule has 2 atom stereocenters. The Balaban J connectivity index is 2.20. The Kier molecular flexibility index (Phi) is 2.95. The summed E-state index contributed by atoms with van der Waals surface area (Å²) in [6.45, 7) is 0.206. The van der Waals surface area contributed by atoms with Crippen molar-refractivity contribution in [3.63, 3.8) is 0 Å². The van der Waals surface area contributed by atoms with Crippen molar-refractivity contribution < 1.29 is 19.8 Å². The van der Waals surface area contributed by atoms with Crippen LogP contribution < -0.4 is 0 Å². The Hall–Kier alpha value is -2.11. The maximum atomic E-state index is 11.0. The highest BCUT2D eigenvalue weighted by Gasteiger charge is 2.40. The van der Waals surface area contributed by atoms with E-state index in [0.717, 1.165) is 10.5 Å². The molecule has 0 aromatic carbocycles. The standard InChI is InChI=1S/C11H12N2O4/c14-10(15)9-4-8(6-13(9)11(16)17)7-2-1-3-12-5-7/h1-3,5,8-9H,4,6H2,(H,14,15)(H,16,17)/t8?,9-/m1/s1. The van der Waals surface area contributed by atoms with Crippen LogP contribution in [0.2, 0.25) is 0 Å². The Morgan fingerprint density at radius 3 is 2.65 bits per heavy atom. The van der Waals surface area contributed by atoms with Gasteiger partial charge in [-0.15, -0.1) is 0 Å². The largest absolute Gasteiger partial charge is 0.480 e.